The first kappa shape index (κ1) is 20.0. The summed E-state index contributed by atoms with van der Waals surface area (Å²) >= 11 is 0. The zero-order chi connectivity index (χ0) is 18.0. The van der Waals surface area contributed by atoms with Gasteiger partial charge in [0.2, 0.25) is 0 Å². The minimum absolute atomic E-state index is 0.156. The third kappa shape index (κ3) is 6.20. The molecule has 24 heavy (non-hydrogen) atoms. The summed E-state index contributed by atoms with van der Waals surface area (Å²) in [7, 11) is 0. The van der Waals surface area contributed by atoms with Crippen LogP contribution in [0.4, 0.5) is 11.4 Å². The molecule has 5 heteroatoms. The molecule has 0 saturated heterocycles. The van der Waals surface area contributed by atoms with Crippen molar-refractivity contribution in [3.05, 3.63) is 59.7 Å². The number of benzene rings is 2. The Morgan fingerprint density at radius 3 is 1.25 bits per heavy atom. The topological polar surface area (TPSA) is 113 Å². The molecule has 0 radical (unpaired) electrons. The first-order valence-corrected chi connectivity index (χ1v) is 8.00. The van der Waals surface area contributed by atoms with Crippen LogP contribution in [0.15, 0.2) is 48.5 Å². The van der Waals surface area contributed by atoms with E-state index in [2.05, 4.69) is 0 Å². The molecular weight excluding hydrogens is 304 g/mol. The number of hydrogen-bond acceptors (Lipinski definition) is 5. The molecule has 0 aliphatic carbocycles. The maximum absolute atomic E-state index is 8.66. The summed E-state index contributed by atoms with van der Waals surface area (Å²) < 4.78 is 0. The molecule has 0 saturated carbocycles. The first-order valence-electron chi connectivity index (χ1n) is 8.00. The smallest absolute Gasteiger partial charge is 0.0531 e. The highest BCUT2D eigenvalue weighted by atomic mass is 16.3. The van der Waals surface area contributed by atoms with Crippen LogP contribution in [0.2, 0.25) is 0 Å². The molecule has 0 aromatic heterocycles. The third-order valence-corrected chi connectivity index (χ3v) is 4.12. The lowest BCUT2D eigenvalue weighted by atomic mass is 9.88. The van der Waals surface area contributed by atoms with Crippen LogP contribution in [0.3, 0.4) is 0 Å². The predicted molar refractivity (Wildman–Crippen MR) is 98.5 cm³/mol. The van der Waals surface area contributed by atoms with Crippen molar-refractivity contribution in [3.8, 4) is 0 Å². The Kier molecular flexibility index (Phi) is 8.26. The van der Waals surface area contributed by atoms with Gasteiger partial charge in [-0.2, -0.15) is 0 Å². The summed E-state index contributed by atoms with van der Waals surface area (Å²) in [5.41, 5.74) is 14.7. The number of nitrogens with two attached hydrogens (primary N) is 2. The summed E-state index contributed by atoms with van der Waals surface area (Å²) in [5.74, 6) is 0. The van der Waals surface area contributed by atoms with Gasteiger partial charge in [-0.3, -0.25) is 0 Å². The minimum atomic E-state index is -0.667. The van der Waals surface area contributed by atoms with E-state index >= 15 is 0 Å². The van der Waals surface area contributed by atoms with E-state index in [1.165, 1.54) is 11.1 Å². The van der Waals surface area contributed by atoms with E-state index in [-0.39, 0.29) is 19.8 Å². The Balaban J connectivity index is 0.000000277. The van der Waals surface area contributed by atoms with Crippen molar-refractivity contribution in [1.82, 2.24) is 0 Å². The molecule has 0 aliphatic rings. The van der Waals surface area contributed by atoms with E-state index in [9.17, 15) is 0 Å². The average Bonchev–Trinajstić information content (AvgIpc) is 2.62. The zero-order valence-electron chi connectivity index (χ0n) is 14.2. The van der Waals surface area contributed by atoms with E-state index in [0.717, 1.165) is 17.8 Å². The van der Waals surface area contributed by atoms with Crippen LogP contribution in [0.1, 0.15) is 24.5 Å². The number of aliphatic hydroxyl groups is 3. The second-order valence-electron chi connectivity index (χ2n) is 5.99. The maximum atomic E-state index is 8.66. The van der Waals surface area contributed by atoms with Gasteiger partial charge in [-0.25, -0.2) is 0 Å². The highest BCUT2D eigenvalue weighted by Crippen LogP contribution is 2.18. The number of hydrogen-bond donors (Lipinski definition) is 5. The summed E-state index contributed by atoms with van der Waals surface area (Å²) in [6, 6.07) is 15.9. The minimum Gasteiger partial charge on any atom is -0.399 e. The zero-order valence-corrected chi connectivity index (χ0v) is 14.2. The largest absolute Gasteiger partial charge is 0.399 e. The molecule has 0 atom stereocenters. The van der Waals surface area contributed by atoms with Gasteiger partial charge in [0.05, 0.1) is 19.8 Å². The van der Waals surface area contributed by atoms with Gasteiger partial charge < -0.3 is 26.8 Å². The van der Waals surface area contributed by atoms with Crippen LogP contribution in [-0.2, 0) is 6.42 Å². The van der Waals surface area contributed by atoms with Gasteiger partial charge in [-0.1, -0.05) is 31.2 Å². The Morgan fingerprint density at radius 2 is 1.04 bits per heavy atom. The highest BCUT2D eigenvalue weighted by Gasteiger charge is 2.24. The van der Waals surface area contributed by atoms with Crippen molar-refractivity contribution in [1.29, 1.82) is 0 Å². The molecule has 132 valence electrons. The first-order chi connectivity index (χ1) is 11.5. The molecule has 0 spiro atoms. The monoisotopic (exact) mass is 332 g/mol. The van der Waals surface area contributed by atoms with E-state index in [0.29, 0.717) is 6.42 Å². The Morgan fingerprint density at radius 1 is 0.708 bits per heavy atom. The second kappa shape index (κ2) is 9.93. The fourth-order valence-corrected chi connectivity index (χ4v) is 1.99. The Labute approximate surface area is 143 Å². The summed E-state index contributed by atoms with van der Waals surface area (Å²) in [6.07, 6.45) is 1.51. The summed E-state index contributed by atoms with van der Waals surface area (Å²) in [6.45, 7) is 1.35. The lowest BCUT2D eigenvalue weighted by Crippen LogP contribution is -2.32. The van der Waals surface area contributed by atoms with Gasteiger partial charge in [0.25, 0.3) is 0 Å². The fourth-order valence-electron chi connectivity index (χ4n) is 1.99. The SMILES string of the molecule is CCC(CO)(CO)CO.Nc1ccc(Cc2ccc(N)cc2)cc1. The van der Waals surface area contributed by atoms with Crippen molar-refractivity contribution in [2.45, 2.75) is 19.8 Å². The molecule has 2 aromatic carbocycles. The lowest BCUT2D eigenvalue weighted by molar-refractivity contribution is 0.00304. The van der Waals surface area contributed by atoms with Crippen LogP contribution in [-0.4, -0.2) is 35.1 Å². The normalized spacial score (nSPS) is 10.8. The van der Waals surface area contributed by atoms with Crippen molar-refractivity contribution in [3.63, 3.8) is 0 Å². The quantitative estimate of drug-likeness (QED) is 0.518. The van der Waals surface area contributed by atoms with Crippen molar-refractivity contribution >= 4 is 11.4 Å². The molecule has 2 aromatic rings. The number of nitrogen functional groups attached to an aromatic ring is 2. The molecule has 0 amide bonds. The van der Waals surface area contributed by atoms with Gasteiger partial charge in [0.15, 0.2) is 0 Å². The van der Waals surface area contributed by atoms with Crippen LogP contribution in [0.5, 0.6) is 0 Å². The average molecular weight is 332 g/mol. The van der Waals surface area contributed by atoms with Gasteiger partial charge in [-0.05, 0) is 48.2 Å². The predicted octanol–water partition coefficient (Wildman–Crippen LogP) is 1.80. The number of anilines is 2. The number of aliphatic hydroxyl groups excluding tert-OH is 3. The van der Waals surface area contributed by atoms with Gasteiger partial charge in [-0.15, -0.1) is 0 Å². The van der Waals surface area contributed by atoms with Crippen molar-refractivity contribution < 1.29 is 15.3 Å². The van der Waals surface area contributed by atoms with Crippen LogP contribution >= 0.6 is 0 Å². The van der Waals surface area contributed by atoms with Crippen LogP contribution < -0.4 is 11.5 Å². The van der Waals surface area contributed by atoms with Crippen LogP contribution in [0.25, 0.3) is 0 Å². The van der Waals surface area contributed by atoms with E-state index in [4.69, 9.17) is 26.8 Å². The molecule has 0 aliphatic heterocycles. The molecule has 0 fully saturated rings. The molecule has 2 rings (SSSR count). The van der Waals surface area contributed by atoms with Crippen LogP contribution in [0, 0.1) is 5.41 Å². The molecule has 0 bridgehead atoms. The molecule has 5 nitrogen and oxygen atoms in total. The molecule has 0 unspecified atom stereocenters. The summed E-state index contributed by atoms with van der Waals surface area (Å²) in [5, 5.41) is 26.0. The molecule has 0 heterocycles. The van der Waals surface area contributed by atoms with E-state index in [1.54, 1.807) is 0 Å². The standard InChI is InChI=1S/C13H14N2.C6H14O3/c14-12-5-1-10(2-6-12)9-11-3-7-13(15)8-4-11;1-2-6(3-7,4-8)5-9/h1-8H,9,14-15H2;7-9H,2-5H2,1H3. The lowest BCUT2D eigenvalue weighted by Gasteiger charge is -2.24. The van der Waals surface area contributed by atoms with Gasteiger partial charge >= 0.3 is 0 Å². The van der Waals surface area contributed by atoms with E-state index < -0.39 is 5.41 Å². The fraction of sp³-hybridized carbons (Fsp3) is 0.368. The number of rotatable bonds is 6. The van der Waals surface area contributed by atoms with Crippen molar-refractivity contribution in [2.24, 2.45) is 5.41 Å². The van der Waals surface area contributed by atoms with E-state index in [1.807, 2.05) is 55.5 Å². The van der Waals surface area contributed by atoms with Gasteiger partial charge in [0.1, 0.15) is 0 Å². The van der Waals surface area contributed by atoms with Gasteiger partial charge in [0, 0.05) is 16.8 Å². The second-order valence-corrected chi connectivity index (χ2v) is 5.99. The van der Waals surface area contributed by atoms with Crippen molar-refractivity contribution in [2.75, 3.05) is 31.3 Å². The molecule has 7 N–H and O–H groups in total. The Bertz CT molecular complexity index is 518. The molecular formula is C19H28N2O3. The highest BCUT2D eigenvalue weighted by molar-refractivity contribution is 5.43. The maximum Gasteiger partial charge on any atom is 0.0531 e. The Hall–Kier alpha value is -2.08. The third-order valence-electron chi connectivity index (χ3n) is 4.12. The summed E-state index contributed by atoms with van der Waals surface area (Å²) in [4.78, 5) is 0.